The van der Waals surface area contributed by atoms with Crippen LogP contribution in [0, 0.1) is 10.1 Å². The predicted molar refractivity (Wildman–Crippen MR) is 72.7 cm³/mol. The number of carbonyl (C=O) groups is 1. The van der Waals surface area contributed by atoms with Gasteiger partial charge in [0.25, 0.3) is 5.91 Å². The van der Waals surface area contributed by atoms with E-state index in [0.717, 1.165) is 25.0 Å². The zero-order valence-corrected chi connectivity index (χ0v) is 11.3. The summed E-state index contributed by atoms with van der Waals surface area (Å²) in [5, 5.41) is 28.7. The summed E-state index contributed by atoms with van der Waals surface area (Å²) in [6.45, 7) is 0.657. The average Bonchev–Trinajstić information content (AvgIpc) is 2.42. The van der Waals surface area contributed by atoms with Gasteiger partial charge in [0.15, 0.2) is 5.75 Å². The van der Waals surface area contributed by atoms with Crippen molar-refractivity contribution in [2.24, 2.45) is 0 Å². The number of phenolic OH excluding ortho intramolecular Hbond substituents is 1. The van der Waals surface area contributed by atoms with E-state index in [9.17, 15) is 20.0 Å². The standard InChI is InChI=1S/C13H18N2O5/c1-14(7-3-2-4-8-16)13(18)10-5-6-11(15(19)20)12(17)9-10/h5-6,9,16-17H,2-4,7-8H2,1H3. The van der Waals surface area contributed by atoms with Crippen LogP contribution in [0.2, 0.25) is 0 Å². The monoisotopic (exact) mass is 282 g/mol. The van der Waals surface area contributed by atoms with Crippen LogP contribution in [0.25, 0.3) is 0 Å². The summed E-state index contributed by atoms with van der Waals surface area (Å²) in [5.41, 5.74) is -0.218. The van der Waals surface area contributed by atoms with Crippen LogP contribution in [0.1, 0.15) is 29.6 Å². The van der Waals surface area contributed by atoms with Gasteiger partial charge in [-0.25, -0.2) is 0 Å². The van der Waals surface area contributed by atoms with Crippen LogP contribution in [0.3, 0.4) is 0 Å². The molecule has 0 fully saturated rings. The Morgan fingerprint density at radius 3 is 2.60 bits per heavy atom. The molecule has 0 aliphatic heterocycles. The van der Waals surface area contributed by atoms with E-state index < -0.39 is 16.4 Å². The van der Waals surface area contributed by atoms with Crippen molar-refractivity contribution in [2.75, 3.05) is 20.2 Å². The molecule has 0 bridgehead atoms. The van der Waals surface area contributed by atoms with Crippen molar-refractivity contribution in [1.82, 2.24) is 4.90 Å². The number of aliphatic hydroxyl groups is 1. The number of nitro groups is 1. The number of amides is 1. The number of carbonyl (C=O) groups excluding carboxylic acids is 1. The van der Waals surface area contributed by atoms with E-state index in [0.29, 0.717) is 13.0 Å². The second-order valence-electron chi connectivity index (χ2n) is 4.47. The fourth-order valence-corrected chi connectivity index (χ4v) is 1.77. The number of aliphatic hydroxyl groups excluding tert-OH is 1. The molecule has 1 aromatic carbocycles. The Balaban J connectivity index is 2.67. The predicted octanol–water partition coefficient (Wildman–Crippen LogP) is 1.53. The third-order valence-electron chi connectivity index (χ3n) is 2.92. The van der Waals surface area contributed by atoms with Crippen molar-refractivity contribution in [3.05, 3.63) is 33.9 Å². The Morgan fingerprint density at radius 2 is 2.05 bits per heavy atom. The highest BCUT2D eigenvalue weighted by atomic mass is 16.6. The van der Waals surface area contributed by atoms with Crippen molar-refractivity contribution < 1.29 is 19.9 Å². The SMILES string of the molecule is CN(CCCCCO)C(=O)c1ccc([N+](=O)[O-])c(O)c1. The Kier molecular flexibility index (Phi) is 5.92. The molecular formula is C13H18N2O5. The summed E-state index contributed by atoms with van der Waals surface area (Å²) in [7, 11) is 1.62. The number of hydrogen-bond acceptors (Lipinski definition) is 5. The number of aromatic hydroxyl groups is 1. The van der Waals surface area contributed by atoms with E-state index in [-0.39, 0.29) is 18.1 Å². The van der Waals surface area contributed by atoms with Gasteiger partial charge < -0.3 is 15.1 Å². The minimum Gasteiger partial charge on any atom is -0.502 e. The van der Waals surface area contributed by atoms with Crippen LogP contribution in [-0.4, -0.2) is 46.1 Å². The molecular weight excluding hydrogens is 264 g/mol. The topological polar surface area (TPSA) is 104 Å². The van der Waals surface area contributed by atoms with Crippen LogP contribution in [-0.2, 0) is 0 Å². The van der Waals surface area contributed by atoms with Gasteiger partial charge in [0.2, 0.25) is 0 Å². The fourth-order valence-electron chi connectivity index (χ4n) is 1.77. The second kappa shape index (κ2) is 7.44. The normalized spacial score (nSPS) is 10.3. The lowest BCUT2D eigenvalue weighted by molar-refractivity contribution is -0.385. The quantitative estimate of drug-likeness (QED) is 0.448. The first-order chi connectivity index (χ1) is 9.47. The average molecular weight is 282 g/mol. The molecule has 0 unspecified atom stereocenters. The van der Waals surface area contributed by atoms with E-state index >= 15 is 0 Å². The Morgan fingerprint density at radius 1 is 1.35 bits per heavy atom. The lowest BCUT2D eigenvalue weighted by Gasteiger charge is -2.17. The summed E-state index contributed by atoms with van der Waals surface area (Å²) in [6.07, 6.45) is 2.28. The van der Waals surface area contributed by atoms with Gasteiger partial charge in [-0.2, -0.15) is 0 Å². The highest BCUT2D eigenvalue weighted by Crippen LogP contribution is 2.26. The van der Waals surface area contributed by atoms with Crippen LogP contribution in [0.15, 0.2) is 18.2 Å². The van der Waals surface area contributed by atoms with E-state index in [1.807, 2.05) is 0 Å². The summed E-state index contributed by atoms with van der Waals surface area (Å²) in [5.74, 6) is -0.825. The van der Waals surface area contributed by atoms with Gasteiger partial charge in [0, 0.05) is 31.8 Å². The zero-order valence-electron chi connectivity index (χ0n) is 11.3. The van der Waals surface area contributed by atoms with E-state index in [4.69, 9.17) is 5.11 Å². The molecule has 0 saturated heterocycles. The van der Waals surface area contributed by atoms with Crippen molar-refractivity contribution >= 4 is 11.6 Å². The Bertz CT molecular complexity index is 490. The Labute approximate surface area is 116 Å². The highest BCUT2D eigenvalue weighted by molar-refractivity contribution is 5.94. The highest BCUT2D eigenvalue weighted by Gasteiger charge is 2.17. The largest absolute Gasteiger partial charge is 0.502 e. The molecule has 0 spiro atoms. The first-order valence-electron chi connectivity index (χ1n) is 6.31. The molecule has 0 aromatic heterocycles. The lowest BCUT2D eigenvalue weighted by Crippen LogP contribution is -2.27. The van der Waals surface area contributed by atoms with Gasteiger partial charge in [-0.15, -0.1) is 0 Å². The van der Waals surface area contributed by atoms with Crippen molar-refractivity contribution in [1.29, 1.82) is 0 Å². The molecule has 0 atom stereocenters. The lowest BCUT2D eigenvalue weighted by atomic mass is 10.1. The molecule has 0 aliphatic rings. The van der Waals surface area contributed by atoms with Crippen LogP contribution >= 0.6 is 0 Å². The number of phenols is 1. The first-order valence-corrected chi connectivity index (χ1v) is 6.31. The van der Waals surface area contributed by atoms with Crippen molar-refractivity contribution in [3.63, 3.8) is 0 Å². The van der Waals surface area contributed by atoms with Crippen LogP contribution < -0.4 is 0 Å². The van der Waals surface area contributed by atoms with Gasteiger partial charge >= 0.3 is 5.69 Å². The summed E-state index contributed by atoms with van der Waals surface area (Å²) in [4.78, 5) is 23.4. The number of rotatable bonds is 7. The number of unbranched alkanes of at least 4 members (excludes halogenated alkanes) is 2. The summed E-state index contributed by atoms with van der Waals surface area (Å²) < 4.78 is 0. The smallest absolute Gasteiger partial charge is 0.310 e. The molecule has 7 heteroatoms. The maximum atomic E-state index is 12.0. The van der Waals surface area contributed by atoms with E-state index in [1.165, 1.54) is 11.0 Å². The minimum atomic E-state index is -0.706. The molecule has 0 radical (unpaired) electrons. The van der Waals surface area contributed by atoms with Gasteiger partial charge in [0.1, 0.15) is 0 Å². The third kappa shape index (κ3) is 4.20. The molecule has 110 valence electrons. The number of nitrogens with zero attached hydrogens (tertiary/aromatic N) is 2. The van der Waals surface area contributed by atoms with E-state index in [1.54, 1.807) is 7.05 Å². The maximum absolute atomic E-state index is 12.0. The van der Waals surface area contributed by atoms with Gasteiger partial charge in [-0.1, -0.05) is 0 Å². The number of hydrogen-bond donors (Lipinski definition) is 2. The van der Waals surface area contributed by atoms with Crippen molar-refractivity contribution in [2.45, 2.75) is 19.3 Å². The van der Waals surface area contributed by atoms with Crippen molar-refractivity contribution in [3.8, 4) is 5.75 Å². The number of nitro benzene ring substituents is 1. The molecule has 2 N–H and O–H groups in total. The number of benzene rings is 1. The molecule has 1 aromatic rings. The summed E-state index contributed by atoms with van der Waals surface area (Å²) in [6, 6.07) is 3.54. The molecule has 1 rings (SSSR count). The molecule has 0 saturated carbocycles. The zero-order chi connectivity index (χ0) is 15.1. The Hall–Kier alpha value is -2.15. The summed E-state index contributed by atoms with van der Waals surface area (Å²) >= 11 is 0. The third-order valence-corrected chi connectivity index (χ3v) is 2.92. The molecule has 1 amide bonds. The minimum absolute atomic E-state index is 0.133. The second-order valence-corrected chi connectivity index (χ2v) is 4.47. The fraction of sp³-hybridized carbons (Fsp3) is 0.462. The first kappa shape index (κ1) is 15.9. The van der Waals surface area contributed by atoms with Gasteiger partial charge in [-0.05, 0) is 31.4 Å². The molecule has 7 nitrogen and oxygen atoms in total. The maximum Gasteiger partial charge on any atom is 0.310 e. The van der Waals surface area contributed by atoms with E-state index in [2.05, 4.69) is 0 Å². The molecule has 0 aliphatic carbocycles. The molecule has 0 heterocycles. The molecule has 20 heavy (non-hydrogen) atoms. The van der Waals surface area contributed by atoms with Gasteiger partial charge in [-0.3, -0.25) is 14.9 Å². The van der Waals surface area contributed by atoms with Gasteiger partial charge in [0.05, 0.1) is 4.92 Å². The van der Waals surface area contributed by atoms with Crippen LogP contribution in [0.5, 0.6) is 5.75 Å². The van der Waals surface area contributed by atoms with Crippen LogP contribution in [0.4, 0.5) is 5.69 Å².